The first-order valence-corrected chi connectivity index (χ1v) is 11.4. The van der Waals surface area contributed by atoms with Crippen LogP contribution in [0.25, 0.3) is 11.1 Å². The second-order valence-electron chi connectivity index (χ2n) is 10.1. The molecule has 1 aliphatic heterocycles. The van der Waals surface area contributed by atoms with Crippen molar-refractivity contribution in [1.82, 2.24) is 0 Å². The van der Waals surface area contributed by atoms with Gasteiger partial charge in [-0.15, -0.1) is 0 Å². The number of ether oxygens (including phenoxy) is 2. The zero-order chi connectivity index (χ0) is 24.1. The van der Waals surface area contributed by atoms with E-state index in [1.54, 1.807) is 12.1 Å². The molecular weight excluding hydrogens is 428 g/mol. The molecule has 5 rings (SSSR count). The first-order chi connectivity index (χ1) is 16.2. The average molecular weight is 463 g/mol. The number of hydrogen-bond acceptors (Lipinski definition) is 4. The largest absolute Gasteiger partial charge is 0.454 e. The van der Waals surface area contributed by atoms with Crippen molar-refractivity contribution in [2.24, 2.45) is 5.73 Å². The van der Waals surface area contributed by atoms with E-state index in [2.05, 4.69) is 32.2 Å². The van der Waals surface area contributed by atoms with Crippen LogP contribution in [0, 0.1) is 0 Å². The van der Waals surface area contributed by atoms with Crippen molar-refractivity contribution in [2.75, 3.05) is 12.1 Å². The second-order valence-corrected chi connectivity index (χ2v) is 10.1. The van der Waals surface area contributed by atoms with Gasteiger partial charge in [0, 0.05) is 15.5 Å². The number of nitrogens with two attached hydrogens (primary N) is 1. The molecule has 1 saturated carbocycles. The van der Waals surface area contributed by atoms with E-state index < -0.39 is 11.3 Å². The highest BCUT2D eigenvalue weighted by Crippen LogP contribution is 2.51. The lowest BCUT2D eigenvalue weighted by molar-refractivity contribution is -0.118. The molecule has 0 bridgehead atoms. The minimum absolute atomic E-state index is 0. The molecule has 3 aromatic rings. The number of carbonyl (C=O) groups is 2. The average Bonchev–Trinajstić information content (AvgIpc) is 3.49. The number of fused-ring (bicyclic) bond motifs is 1. The van der Waals surface area contributed by atoms with E-state index in [9.17, 15) is 9.59 Å². The molecule has 0 saturated heterocycles. The van der Waals surface area contributed by atoms with Crippen molar-refractivity contribution in [3.8, 4) is 22.6 Å². The first-order valence-electron chi connectivity index (χ1n) is 11.4. The van der Waals surface area contributed by atoms with Crippen molar-refractivity contribution < 1.29 is 23.3 Å². The van der Waals surface area contributed by atoms with Gasteiger partial charge in [-0.05, 0) is 76.9 Å². The first kappa shape index (κ1) is 22.0. The number of nitrogens with one attached hydrogen (secondary N) is 1. The van der Waals surface area contributed by atoms with E-state index in [1.807, 2.05) is 42.5 Å². The summed E-state index contributed by atoms with van der Waals surface area (Å²) < 4.78 is 10.9. The van der Waals surface area contributed by atoms with Crippen LogP contribution in [-0.2, 0) is 15.6 Å². The van der Waals surface area contributed by atoms with Gasteiger partial charge in [-0.25, -0.2) is 0 Å². The number of carbonyl (C=O) groups excluding carboxylic acids is 2. The van der Waals surface area contributed by atoms with Gasteiger partial charge in [0.25, 0.3) is 0 Å². The molecule has 1 aliphatic carbocycles. The Bertz CT molecular complexity index is 1300. The third-order valence-electron chi connectivity index (χ3n) is 6.68. The maximum Gasteiger partial charge on any atom is 0.248 e. The number of anilines is 1. The van der Waals surface area contributed by atoms with Crippen LogP contribution >= 0.6 is 0 Å². The molecule has 3 aromatic carbocycles. The van der Waals surface area contributed by atoms with E-state index in [4.69, 9.17) is 15.2 Å². The van der Waals surface area contributed by atoms with E-state index in [-0.39, 0.29) is 22.4 Å². The molecule has 2 amide bonds. The Morgan fingerprint density at radius 2 is 1.65 bits per heavy atom. The fourth-order valence-electron chi connectivity index (χ4n) is 4.55. The van der Waals surface area contributed by atoms with E-state index in [0.29, 0.717) is 17.1 Å². The predicted molar refractivity (Wildman–Crippen MR) is 138 cm³/mol. The van der Waals surface area contributed by atoms with Crippen molar-refractivity contribution in [1.29, 1.82) is 0 Å². The molecule has 6 heteroatoms. The Hall–Kier alpha value is -3.80. The summed E-state index contributed by atoms with van der Waals surface area (Å²) in [6.07, 6.45) is 1.58. The number of benzene rings is 3. The van der Waals surface area contributed by atoms with Gasteiger partial charge in [0.1, 0.15) is 0 Å². The minimum atomic E-state index is -0.549. The Morgan fingerprint density at radius 1 is 0.941 bits per heavy atom. The summed E-state index contributed by atoms with van der Waals surface area (Å²) in [4.78, 5) is 24.9. The summed E-state index contributed by atoms with van der Waals surface area (Å²) in [5, 5.41) is 3.14. The lowest BCUT2D eigenvalue weighted by Gasteiger charge is -2.24. The maximum absolute atomic E-state index is 13.4. The van der Waals surface area contributed by atoms with Crippen molar-refractivity contribution in [3.63, 3.8) is 0 Å². The van der Waals surface area contributed by atoms with Crippen molar-refractivity contribution in [2.45, 2.75) is 44.4 Å². The topological polar surface area (TPSA) is 90.7 Å². The molecule has 180 valence electrons. The molecule has 0 unspecified atom stereocenters. The molecule has 3 N–H and O–H groups in total. The van der Waals surface area contributed by atoms with Crippen LogP contribution in [0.1, 0.15) is 59.4 Å². The van der Waals surface area contributed by atoms with Crippen LogP contribution in [0.3, 0.4) is 0 Å². The van der Waals surface area contributed by atoms with Crippen molar-refractivity contribution in [3.05, 3.63) is 77.4 Å². The van der Waals surface area contributed by atoms with Crippen molar-refractivity contribution >= 4 is 17.5 Å². The molecule has 2 aliphatic rings. The lowest BCUT2D eigenvalue weighted by Crippen LogP contribution is -2.28. The maximum atomic E-state index is 13.4. The Labute approximate surface area is 203 Å². The molecule has 0 aromatic heterocycles. The summed E-state index contributed by atoms with van der Waals surface area (Å²) in [6.45, 7) is 6.67. The van der Waals surface area contributed by atoms with Gasteiger partial charge in [-0.1, -0.05) is 45.0 Å². The fourth-order valence-corrected chi connectivity index (χ4v) is 4.55. The summed E-state index contributed by atoms with van der Waals surface area (Å²) >= 11 is 0. The van der Waals surface area contributed by atoms with Crippen LogP contribution in [0.4, 0.5) is 5.69 Å². The number of hydrogen-bond donors (Lipinski definition) is 2. The zero-order valence-corrected chi connectivity index (χ0v) is 19.6. The highest BCUT2D eigenvalue weighted by Gasteiger charge is 2.51. The van der Waals surface area contributed by atoms with E-state index in [1.165, 1.54) is 0 Å². The molecule has 0 spiro atoms. The molecular formula is C28H34N2O4. The summed E-state index contributed by atoms with van der Waals surface area (Å²) in [6, 6.07) is 19.0. The molecule has 1 heterocycles. The van der Waals surface area contributed by atoms with Crippen LogP contribution < -0.4 is 20.5 Å². The van der Waals surface area contributed by atoms with Gasteiger partial charge in [0.15, 0.2) is 11.5 Å². The molecule has 34 heavy (non-hydrogen) atoms. The van der Waals surface area contributed by atoms with Crippen LogP contribution in [0.5, 0.6) is 11.5 Å². The lowest BCUT2D eigenvalue weighted by atomic mass is 9.81. The summed E-state index contributed by atoms with van der Waals surface area (Å²) in [7, 11) is 0. The SMILES string of the molecule is CC(C)(C)c1ccc(NC(=O)C2(c3ccc4c(c3)OCO4)CC2)cc1-c1ccc(C(N)=O)cc1.[HH].[HH].[HH]. The smallest absolute Gasteiger partial charge is 0.248 e. The fraction of sp³-hybridized carbons (Fsp3) is 0.286. The van der Waals surface area contributed by atoms with E-state index in [0.717, 1.165) is 40.8 Å². The molecule has 0 atom stereocenters. The van der Waals surface area contributed by atoms with Gasteiger partial charge in [0.2, 0.25) is 18.6 Å². The van der Waals surface area contributed by atoms with Gasteiger partial charge < -0.3 is 20.5 Å². The summed E-state index contributed by atoms with van der Waals surface area (Å²) in [5.74, 6) is 0.921. The quantitative estimate of drug-likeness (QED) is 0.495. The number of amides is 2. The third-order valence-corrected chi connectivity index (χ3v) is 6.68. The number of rotatable bonds is 5. The summed E-state index contributed by atoms with van der Waals surface area (Å²) in [5.41, 5.74) is 10.0. The highest BCUT2D eigenvalue weighted by molar-refractivity contribution is 6.02. The van der Waals surface area contributed by atoms with Gasteiger partial charge >= 0.3 is 0 Å². The molecule has 6 nitrogen and oxygen atoms in total. The van der Waals surface area contributed by atoms with Gasteiger partial charge in [0.05, 0.1) is 5.41 Å². The Morgan fingerprint density at radius 3 is 2.29 bits per heavy atom. The standard InChI is InChI=1S/C28H28N2O4.3H2/c1-27(2,3)22-10-9-20(15-21(22)17-4-6-18(7-5-17)25(29)31)30-26(32)28(12-13-28)19-8-11-23-24(14-19)34-16-33-23;;;/h4-11,14-15H,12-13,16H2,1-3H3,(H2,29,31)(H,30,32);3*1H. The zero-order valence-electron chi connectivity index (χ0n) is 19.6. The van der Waals surface area contributed by atoms with Crippen LogP contribution in [-0.4, -0.2) is 18.6 Å². The Kier molecular flexibility index (Phi) is 5.12. The second kappa shape index (κ2) is 7.90. The molecule has 0 radical (unpaired) electrons. The third kappa shape index (κ3) is 3.89. The minimum Gasteiger partial charge on any atom is -0.454 e. The molecule has 1 fully saturated rings. The van der Waals surface area contributed by atoms with Crippen LogP contribution in [0.15, 0.2) is 60.7 Å². The number of primary amides is 1. The Balaban J connectivity index is 0.00000160. The monoisotopic (exact) mass is 462 g/mol. The van der Waals surface area contributed by atoms with Crippen LogP contribution in [0.2, 0.25) is 0 Å². The highest BCUT2D eigenvalue weighted by atomic mass is 16.7. The van der Waals surface area contributed by atoms with Gasteiger partial charge in [-0.3, -0.25) is 9.59 Å². The predicted octanol–water partition coefficient (Wildman–Crippen LogP) is 5.89. The van der Waals surface area contributed by atoms with Gasteiger partial charge in [-0.2, -0.15) is 0 Å². The van der Waals surface area contributed by atoms with E-state index >= 15 is 0 Å². The normalized spacial score (nSPS) is 15.6.